The van der Waals surface area contributed by atoms with E-state index in [1.54, 1.807) is 0 Å². The average Bonchev–Trinajstić information content (AvgIpc) is 2.38. The van der Waals surface area contributed by atoms with Crippen LogP contribution in [0, 0.1) is 6.92 Å². The van der Waals surface area contributed by atoms with Crippen LogP contribution in [0.3, 0.4) is 0 Å². The Labute approximate surface area is 115 Å². The van der Waals surface area contributed by atoms with Crippen molar-refractivity contribution in [3.05, 3.63) is 29.8 Å². The maximum atomic E-state index is 11.6. The first-order valence-electron chi connectivity index (χ1n) is 6.81. The molecule has 1 rings (SSSR count). The van der Waals surface area contributed by atoms with Crippen LogP contribution in [0.5, 0.6) is 5.75 Å². The minimum Gasteiger partial charge on any atom is -0.491 e. The number of hydrogen-bond donors (Lipinski definition) is 2. The van der Waals surface area contributed by atoms with E-state index in [1.165, 1.54) is 5.56 Å². The summed E-state index contributed by atoms with van der Waals surface area (Å²) in [6, 6.07) is 7.89. The van der Waals surface area contributed by atoms with Crippen molar-refractivity contribution < 1.29 is 9.53 Å². The van der Waals surface area contributed by atoms with E-state index >= 15 is 0 Å². The van der Waals surface area contributed by atoms with E-state index < -0.39 is 0 Å². The highest BCUT2D eigenvalue weighted by Crippen LogP contribution is 2.11. The average molecular weight is 264 g/mol. The first-order chi connectivity index (χ1) is 9.11. The third kappa shape index (κ3) is 6.82. The van der Waals surface area contributed by atoms with Crippen LogP contribution >= 0.6 is 0 Å². The Morgan fingerprint density at radius 3 is 2.63 bits per heavy atom. The number of ether oxygens (including phenoxy) is 1. The molecule has 1 aromatic carbocycles. The van der Waals surface area contributed by atoms with Crippen LogP contribution in [0.1, 0.15) is 25.8 Å². The van der Waals surface area contributed by atoms with E-state index in [1.807, 2.05) is 38.1 Å². The molecule has 1 amide bonds. The number of hydrogen-bond acceptors (Lipinski definition) is 3. The molecule has 0 aliphatic rings. The fraction of sp³-hybridized carbons (Fsp3) is 0.533. The van der Waals surface area contributed by atoms with Crippen LogP contribution in [0.2, 0.25) is 0 Å². The Bertz CT molecular complexity index is 376. The molecule has 0 spiro atoms. The molecule has 0 aliphatic carbocycles. The van der Waals surface area contributed by atoms with Crippen molar-refractivity contribution in [3.63, 3.8) is 0 Å². The fourth-order valence-electron chi connectivity index (χ4n) is 1.60. The summed E-state index contributed by atoms with van der Waals surface area (Å²) in [6.45, 7) is 7.75. The molecule has 4 nitrogen and oxygen atoms in total. The highest BCUT2D eigenvalue weighted by Gasteiger charge is 2.07. The Morgan fingerprint density at radius 1 is 1.32 bits per heavy atom. The zero-order chi connectivity index (χ0) is 14.1. The molecular weight excluding hydrogens is 240 g/mol. The minimum absolute atomic E-state index is 0.00257. The largest absolute Gasteiger partial charge is 0.491 e. The van der Waals surface area contributed by atoms with Gasteiger partial charge >= 0.3 is 0 Å². The molecule has 4 heteroatoms. The van der Waals surface area contributed by atoms with Gasteiger partial charge in [0, 0.05) is 0 Å². The Balaban J connectivity index is 2.21. The van der Waals surface area contributed by atoms with Gasteiger partial charge < -0.3 is 15.4 Å². The molecule has 1 aromatic rings. The molecular formula is C15H24N2O2. The van der Waals surface area contributed by atoms with E-state index in [4.69, 9.17) is 4.74 Å². The quantitative estimate of drug-likeness (QED) is 0.705. The molecule has 0 bridgehead atoms. The molecule has 1 unspecified atom stereocenters. The van der Waals surface area contributed by atoms with Crippen LogP contribution in [-0.4, -0.2) is 31.6 Å². The van der Waals surface area contributed by atoms with Gasteiger partial charge in [-0.2, -0.15) is 0 Å². The Kier molecular flexibility index (Phi) is 6.97. The summed E-state index contributed by atoms with van der Waals surface area (Å²) in [7, 11) is 0. The van der Waals surface area contributed by atoms with Crippen molar-refractivity contribution in [2.24, 2.45) is 0 Å². The summed E-state index contributed by atoms with van der Waals surface area (Å²) < 4.78 is 5.61. The first kappa shape index (κ1) is 15.5. The Hall–Kier alpha value is -1.55. The Morgan fingerprint density at radius 2 is 2.00 bits per heavy atom. The van der Waals surface area contributed by atoms with Gasteiger partial charge in [-0.3, -0.25) is 4.79 Å². The summed E-state index contributed by atoms with van der Waals surface area (Å²) in [5.74, 6) is 0.837. The van der Waals surface area contributed by atoms with Gasteiger partial charge in [-0.15, -0.1) is 0 Å². The molecule has 106 valence electrons. The van der Waals surface area contributed by atoms with Crippen molar-refractivity contribution in [2.75, 3.05) is 19.7 Å². The van der Waals surface area contributed by atoms with Gasteiger partial charge in [0.2, 0.25) is 5.91 Å². The lowest BCUT2D eigenvalue weighted by Crippen LogP contribution is -2.41. The molecule has 0 saturated heterocycles. The third-order valence-corrected chi connectivity index (χ3v) is 2.64. The predicted octanol–water partition coefficient (Wildman–Crippen LogP) is 1.88. The van der Waals surface area contributed by atoms with Crippen LogP contribution < -0.4 is 15.4 Å². The molecule has 0 radical (unpaired) electrons. The van der Waals surface area contributed by atoms with Gasteiger partial charge in [0.1, 0.15) is 12.4 Å². The molecule has 0 fully saturated rings. The zero-order valence-electron chi connectivity index (χ0n) is 12.0. The summed E-state index contributed by atoms with van der Waals surface area (Å²) in [5.41, 5.74) is 1.20. The fourth-order valence-corrected chi connectivity index (χ4v) is 1.60. The standard InChI is InChI=1S/C15H24N2O2/c1-4-9-16-10-15(18)17-13(3)11-19-14-7-5-12(2)6-8-14/h5-8,13,16H,4,9-11H2,1-3H3,(H,17,18). The van der Waals surface area contributed by atoms with Gasteiger partial charge in [0.15, 0.2) is 0 Å². The van der Waals surface area contributed by atoms with Crippen LogP contribution in [0.15, 0.2) is 24.3 Å². The van der Waals surface area contributed by atoms with E-state index in [2.05, 4.69) is 17.6 Å². The number of nitrogens with one attached hydrogen (secondary N) is 2. The summed E-state index contributed by atoms with van der Waals surface area (Å²) in [6.07, 6.45) is 1.03. The maximum Gasteiger partial charge on any atom is 0.234 e. The van der Waals surface area contributed by atoms with E-state index in [0.29, 0.717) is 13.2 Å². The number of amides is 1. The lowest BCUT2D eigenvalue weighted by molar-refractivity contribution is -0.121. The number of aryl methyl sites for hydroxylation is 1. The topological polar surface area (TPSA) is 50.4 Å². The van der Waals surface area contributed by atoms with Crippen molar-refractivity contribution >= 4 is 5.91 Å². The van der Waals surface area contributed by atoms with Crippen molar-refractivity contribution in [3.8, 4) is 5.75 Å². The van der Waals surface area contributed by atoms with Gasteiger partial charge in [-0.05, 0) is 38.9 Å². The monoisotopic (exact) mass is 264 g/mol. The molecule has 0 aromatic heterocycles. The van der Waals surface area contributed by atoms with Gasteiger partial charge in [0.25, 0.3) is 0 Å². The molecule has 0 heterocycles. The van der Waals surface area contributed by atoms with Crippen LogP contribution in [0.4, 0.5) is 0 Å². The van der Waals surface area contributed by atoms with Crippen LogP contribution in [-0.2, 0) is 4.79 Å². The summed E-state index contributed by atoms with van der Waals surface area (Å²) in [5, 5.41) is 5.96. The SMILES string of the molecule is CCCNCC(=O)NC(C)COc1ccc(C)cc1. The van der Waals surface area contributed by atoms with Gasteiger partial charge in [0.05, 0.1) is 12.6 Å². The van der Waals surface area contributed by atoms with E-state index in [-0.39, 0.29) is 11.9 Å². The molecule has 19 heavy (non-hydrogen) atoms. The third-order valence-electron chi connectivity index (χ3n) is 2.64. The lowest BCUT2D eigenvalue weighted by atomic mass is 10.2. The molecule has 2 N–H and O–H groups in total. The normalized spacial score (nSPS) is 11.9. The van der Waals surface area contributed by atoms with Crippen molar-refractivity contribution in [1.82, 2.24) is 10.6 Å². The molecule has 1 atom stereocenters. The maximum absolute atomic E-state index is 11.6. The lowest BCUT2D eigenvalue weighted by Gasteiger charge is -2.15. The summed E-state index contributed by atoms with van der Waals surface area (Å²) in [4.78, 5) is 11.6. The molecule has 0 aliphatic heterocycles. The van der Waals surface area contributed by atoms with Crippen molar-refractivity contribution in [2.45, 2.75) is 33.2 Å². The summed E-state index contributed by atoms with van der Waals surface area (Å²) >= 11 is 0. The second-order valence-electron chi connectivity index (χ2n) is 4.77. The number of rotatable bonds is 8. The van der Waals surface area contributed by atoms with Gasteiger partial charge in [-0.1, -0.05) is 24.6 Å². The predicted molar refractivity (Wildman–Crippen MR) is 77.4 cm³/mol. The van der Waals surface area contributed by atoms with Crippen LogP contribution in [0.25, 0.3) is 0 Å². The second kappa shape index (κ2) is 8.53. The molecule has 0 saturated carbocycles. The zero-order valence-corrected chi connectivity index (χ0v) is 12.0. The number of carbonyl (C=O) groups is 1. The number of carbonyl (C=O) groups excluding carboxylic acids is 1. The van der Waals surface area contributed by atoms with E-state index in [0.717, 1.165) is 18.7 Å². The van der Waals surface area contributed by atoms with Crippen molar-refractivity contribution in [1.29, 1.82) is 0 Å². The minimum atomic E-state index is -0.00257. The highest BCUT2D eigenvalue weighted by molar-refractivity contribution is 5.78. The second-order valence-corrected chi connectivity index (χ2v) is 4.77. The first-order valence-corrected chi connectivity index (χ1v) is 6.81. The number of benzene rings is 1. The smallest absolute Gasteiger partial charge is 0.234 e. The highest BCUT2D eigenvalue weighted by atomic mass is 16.5. The van der Waals surface area contributed by atoms with E-state index in [9.17, 15) is 4.79 Å². The van der Waals surface area contributed by atoms with Gasteiger partial charge in [-0.25, -0.2) is 0 Å².